The van der Waals surface area contributed by atoms with Crippen molar-refractivity contribution in [3.05, 3.63) is 34.9 Å². The number of fused-ring (bicyclic) bond motifs is 1. The minimum atomic E-state index is -0.0429. The predicted octanol–water partition coefficient (Wildman–Crippen LogP) is 3.56. The minimum Gasteiger partial charge on any atom is -0.353 e. The maximum absolute atomic E-state index is 5.57. The summed E-state index contributed by atoms with van der Waals surface area (Å²) >= 11 is 3.60. The largest absolute Gasteiger partial charge is 0.353 e. The highest BCUT2D eigenvalue weighted by atomic mass is 79.9. The normalized spacial score (nSPS) is 17.4. The monoisotopic (exact) mass is 309 g/mol. The zero-order valence-electron chi connectivity index (χ0n) is 10.1. The van der Waals surface area contributed by atoms with Crippen molar-refractivity contribution in [1.29, 1.82) is 0 Å². The summed E-state index contributed by atoms with van der Waals surface area (Å²) in [6, 6.07) is 8.40. The first-order chi connectivity index (χ1) is 8.84. The molecule has 1 aliphatic heterocycles. The average molecular weight is 310 g/mol. The molecule has 0 N–H and O–H groups in total. The van der Waals surface area contributed by atoms with Gasteiger partial charge < -0.3 is 14.0 Å². The molecule has 18 heavy (non-hydrogen) atoms. The molecule has 3 nitrogen and oxygen atoms in total. The van der Waals surface area contributed by atoms with Crippen molar-refractivity contribution in [3.63, 3.8) is 0 Å². The number of hydrogen-bond acceptors (Lipinski definition) is 2. The Labute approximate surface area is 115 Å². The van der Waals surface area contributed by atoms with Crippen LogP contribution in [0, 0.1) is 0 Å². The van der Waals surface area contributed by atoms with Crippen LogP contribution in [-0.2, 0) is 16.0 Å². The van der Waals surface area contributed by atoms with E-state index in [1.807, 2.05) is 0 Å². The molecule has 2 aromatic rings. The fourth-order valence-electron chi connectivity index (χ4n) is 2.33. The molecule has 2 heterocycles. The second-order valence-corrected chi connectivity index (χ2v) is 5.36. The lowest BCUT2D eigenvalue weighted by molar-refractivity contribution is -0.182. The smallest absolute Gasteiger partial charge is 0.159 e. The molecule has 1 aromatic heterocycles. The quantitative estimate of drug-likeness (QED) is 0.865. The molecule has 0 amide bonds. The molecule has 0 bridgehead atoms. The molecule has 96 valence electrons. The first-order valence-corrected chi connectivity index (χ1v) is 7.10. The number of para-hydroxylation sites is 1. The lowest BCUT2D eigenvalue weighted by Gasteiger charge is -2.23. The van der Waals surface area contributed by atoms with Crippen LogP contribution < -0.4 is 0 Å². The maximum atomic E-state index is 5.57. The second-order valence-electron chi connectivity index (χ2n) is 4.50. The van der Waals surface area contributed by atoms with Crippen LogP contribution in [0.15, 0.2) is 34.9 Å². The fourth-order valence-corrected chi connectivity index (χ4v) is 2.92. The highest BCUT2D eigenvalue weighted by Crippen LogP contribution is 2.26. The molecule has 0 atom stereocenters. The molecular formula is C14H16BrNO2. The Morgan fingerprint density at radius 2 is 2.00 bits per heavy atom. The Hall–Kier alpha value is -0.840. The van der Waals surface area contributed by atoms with Gasteiger partial charge in [0.2, 0.25) is 0 Å². The third-order valence-electron chi connectivity index (χ3n) is 3.24. The molecule has 0 aliphatic carbocycles. The van der Waals surface area contributed by atoms with Crippen LogP contribution in [0.5, 0.6) is 0 Å². The molecule has 0 radical (unpaired) electrons. The van der Waals surface area contributed by atoms with Gasteiger partial charge in [-0.1, -0.05) is 18.2 Å². The van der Waals surface area contributed by atoms with Crippen LogP contribution in [-0.4, -0.2) is 24.1 Å². The lowest BCUT2D eigenvalue weighted by atomic mass is 10.2. The SMILES string of the molecule is Brc1cn(CCC2OCCCO2)c2ccccc12. The molecule has 0 spiro atoms. The van der Waals surface area contributed by atoms with Crippen LogP contribution in [0.3, 0.4) is 0 Å². The molecule has 3 rings (SSSR count). The molecule has 4 heteroatoms. The van der Waals surface area contributed by atoms with Crippen molar-refractivity contribution in [3.8, 4) is 0 Å². The summed E-state index contributed by atoms with van der Waals surface area (Å²) in [4.78, 5) is 0. The van der Waals surface area contributed by atoms with Crippen molar-refractivity contribution in [2.45, 2.75) is 25.7 Å². The fraction of sp³-hybridized carbons (Fsp3) is 0.429. The molecule has 1 fully saturated rings. The van der Waals surface area contributed by atoms with Gasteiger partial charge in [-0.15, -0.1) is 0 Å². The van der Waals surface area contributed by atoms with Gasteiger partial charge in [-0.25, -0.2) is 0 Å². The number of nitrogens with zero attached hydrogens (tertiary/aromatic N) is 1. The topological polar surface area (TPSA) is 23.4 Å². The molecule has 0 saturated carbocycles. The van der Waals surface area contributed by atoms with E-state index in [1.165, 1.54) is 10.9 Å². The Bertz CT molecular complexity index is 532. The van der Waals surface area contributed by atoms with Crippen LogP contribution in [0.1, 0.15) is 12.8 Å². The van der Waals surface area contributed by atoms with Gasteiger partial charge in [0.05, 0.1) is 13.2 Å². The number of benzene rings is 1. The highest BCUT2D eigenvalue weighted by Gasteiger charge is 2.14. The van der Waals surface area contributed by atoms with E-state index in [0.717, 1.165) is 37.1 Å². The van der Waals surface area contributed by atoms with E-state index in [9.17, 15) is 0 Å². The van der Waals surface area contributed by atoms with Gasteiger partial charge in [0.15, 0.2) is 6.29 Å². The maximum Gasteiger partial charge on any atom is 0.159 e. The zero-order valence-corrected chi connectivity index (χ0v) is 11.7. The van der Waals surface area contributed by atoms with Gasteiger partial charge in [-0.2, -0.15) is 0 Å². The third kappa shape index (κ3) is 2.46. The van der Waals surface area contributed by atoms with E-state index in [-0.39, 0.29) is 6.29 Å². The summed E-state index contributed by atoms with van der Waals surface area (Å²) < 4.78 is 14.5. The number of ether oxygens (including phenoxy) is 2. The first kappa shape index (κ1) is 12.2. The van der Waals surface area contributed by atoms with Gasteiger partial charge in [0.25, 0.3) is 0 Å². The van der Waals surface area contributed by atoms with Gasteiger partial charge in [-0.3, -0.25) is 0 Å². The molecule has 1 aliphatic rings. The van der Waals surface area contributed by atoms with Crippen LogP contribution in [0.4, 0.5) is 0 Å². The highest BCUT2D eigenvalue weighted by molar-refractivity contribution is 9.10. The number of aryl methyl sites for hydroxylation is 1. The number of hydrogen-bond donors (Lipinski definition) is 0. The lowest BCUT2D eigenvalue weighted by Crippen LogP contribution is -2.25. The average Bonchev–Trinajstić information content (AvgIpc) is 2.75. The summed E-state index contributed by atoms with van der Waals surface area (Å²) in [5.74, 6) is 0. The first-order valence-electron chi connectivity index (χ1n) is 6.31. The van der Waals surface area contributed by atoms with E-state index in [2.05, 4.69) is 51.0 Å². The zero-order chi connectivity index (χ0) is 12.4. The summed E-state index contributed by atoms with van der Waals surface area (Å²) in [6.07, 6.45) is 3.99. The standard InChI is InChI=1S/C14H16BrNO2/c15-12-10-16(13-5-2-1-4-11(12)13)7-6-14-17-8-3-9-18-14/h1-2,4-5,10,14H,3,6-9H2. The number of rotatable bonds is 3. The van der Waals surface area contributed by atoms with Crippen molar-refractivity contribution in [2.75, 3.05) is 13.2 Å². The van der Waals surface area contributed by atoms with Gasteiger partial charge in [-0.05, 0) is 28.4 Å². The van der Waals surface area contributed by atoms with Crippen LogP contribution >= 0.6 is 15.9 Å². The van der Waals surface area contributed by atoms with Crippen LogP contribution in [0.25, 0.3) is 10.9 Å². The van der Waals surface area contributed by atoms with Gasteiger partial charge >= 0.3 is 0 Å². The minimum absolute atomic E-state index is 0.0429. The molecular weight excluding hydrogens is 294 g/mol. The summed E-state index contributed by atoms with van der Waals surface area (Å²) in [7, 11) is 0. The number of halogens is 1. The van der Waals surface area contributed by atoms with E-state index in [4.69, 9.17) is 9.47 Å². The summed E-state index contributed by atoms with van der Waals surface area (Å²) in [5.41, 5.74) is 1.25. The molecule has 1 aromatic carbocycles. The van der Waals surface area contributed by atoms with E-state index in [1.54, 1.807) is 0 Å². The van der Waals surface area contributed by atoms with Crippen LogP contribution in [0.2, 0.25) is 0 Å². The molecule has 0 unspecified atom stereocenters. The Morgan fingerprint density at radius 3 is 2.83 bits per heavy atom. The Balaban J connectivity index is 1.74. The van der Waals surface area contributed by atoms with Crippen molar-refractivity contribution < 1.29 is 9.47 Å². The third-order valence-corrected chi connectivity index (χ3v) is 3.87. The predicted molar refractivity (Wildman–Crippen MR) is 74.6 cm³/mol. The molecule has 1 saturated heterocycles. The van der Waals surface area contributed by atoms with Crippen molar-refractivity contribution >= 4 is 26.8 Å². The Kier molecular flexibility index (Phi) is 3.68. The number of aromatic nitrogens is 1. The van der Waals surface area contributed by atoms with Gasteiger partial charge in [0.1, 0.15) is 0 Å². The Morgan fingerprint density at radius 1 is 1.22 bits per heavy atom. The summed E-state index contributed by atoms with van der Waals surface area (Å²) in [6.45, 7) is 2.55. The van der Waals surface area contributed by atoms with Gasteiger partial charge in [0, 0.05) is 34.5 Å². The second kappa shape index (κ2) is 5.43. The van der Waals surface area contributed by atoms with E-state index in [0.29, 0.717) is 0 Å². The van der Waals surface area contributed by atoms with E-state index < -0.39 is 0 Å². The van der Waals surface area contributed by atoms with E-state index >= 15 is 0 Å². The van der Waals surface area contributed by atoms with Crippen molar-refractivity contribution in [1.82, 2.24) is 4.57 Å². The van der Waals surface area contributed by atoms with Crippen molar-refractivity contribution in [2.24, 2.45) is 0 Å². The summed E-state index contributed by atoms with van der Waals surface area (Å²) in [5, 5.41) is 1.25.